The van der Waals surface area contributed by atoms with E-state index in [0.29, 0.717) is 28.6 Å². The molecule has 4 rings (SSSR count). The number of hydrogen-bond donors (Lipinski definition) is 5. The van der Waals surface area contributed by atoms with E-state index in [1.807, 2.05) is 6.07 Å². The lowest BCUT2D eigenvalue weighted by molar-refractivity contribution is -0.125. The molecule has 0 aliphatic carbocycles. The second-order valence-electron chi connectivity index (χ2n) is 8.03. The van der Waals surface area contributed by atoms with E-state index in [4.69, 9.17) is 11.5 Å². The van der Waals surface area contributed by atoms with Gasteiger partial charge in [0.1, 0.15) is 6.04 Å². The number of aliphatic hydroxyl groups excluding tert-OH is 1. The summed E-state index contributed by atoms with van der Waals surface area (Å²) in [5, 5.41) is 16.4. The van der Waals surface area contributed by atoms with Crippen molar-refractivity contribution in [2.24, 2.45) is 11.5 Å². The van der Waals surface area contributed by atoms with Crippen molar-refractivity contribution in [3.05, 3.63) is 66.4 Å². The van der Waals surface area contributed by atoms with E-state index in [1.165, 1.54) is 15.7 Å². The number of nitrogens with one attached hydrogen (secondary N) is 2. The average molecular weight is 450 g/mol. The van der Waals surface area contributed by atoms with Crippen LogP contribution in [0.2, 0.25) is 0 Å². The van der Waals surface area contributed by atoms with Crippen LogP contribution in [0.4, 0.5) is 15.3 Å². The number of primary amides is 1. The van der Waals surface area contributed by atoms with E-state index in [2.05, 4.69) is 10.6 Å². The molecule has 3 atom stereocenters. The number of fused-ring (bicyclic) bond motifs is 1. The predicted octanol–water partition coefficient (Wildman–Crippen LogP) is 1.35. The number of carbonyl (C=O) groups excluding carboxylic acids is 3. The highest BCUT2D eigenvalue weighted by atomic mass is 16.3. The van der Waals surface area contributed by atoms with Crippen molar-refractivity contribution in [2.45, 2.75) is 24.6 Å². The molecule has 10 heteroatoms. The number of nitrogens with zero attached hydrogens (tertiary/aromatic N) is 2. The molecule has 1 aliphatic rings. The van der Waals surface area contributed by atoms with Crippen molar-refractivity contribution in [1.29, 1.82) is 0 Å². The van der Waals surface area contributed by atoms with Gasteiger partial charge in [0, 0.05) is 30.7 Å². The Hall–Kier alpha value is -3.89. The summed E-state index contributed by atoms with van der Waals surface area (Å²) >= 11 is 0. The summed E-state index contributed by atoms with van der Waals surface area (Å²) in [6, 6.07) is 13.7. The fourth-order valence-corrected chi connectivity index (χ4v) is 4.10. The van der Waals surface area contributed by atoms with Crippen LogP contribution in [-0.4, -0.2) is 57.7 Å². The molecule has 10 nitrogen and oxygen atoms in total. The number of para-hydroxylation sites is 1. The number of aliphatic hydroxyl groups is 1. The molecule has 2 heterocycles. The Labute approximate surface area is 190 Å². The zero-order chi connectivity index (χ0) is 23.5. The first-order valence-corrected chi connectivity index (χ1v) is 10.6. The maximum atomic E-state index is 13.1. The summed E-state index contributed by atoms with van der Waals surface area (Å²) in [4.78, 5) is 39.0. The number of urea groups is 1. The normalized spacial score (nSPS) is 18.8. The molecule has 3 aromatic rings. The lowest BCUT2D eigenvalue weighted by atomic mass is 10.1. The summed E-state index contributed by atoms with van der Waals surface area (Å²) in [7, 11) is 0. The molecule has 0 radical (unpaired) electrons. The van der Waals surface area contributed by atoms with Gasteiger partial charge < -0.3 is 32.1 Å². The van der Waals surface area contributed by atoms with Crippen LogP contribution in [0.5, 0.6) is 0 Å². The van der Waals surface area contributed by atoms with Gasteiger partial charge in [-0.2, -0.15) is 0 Å². The number of rotatable bonds is 5. The number of carbonyl (C=O) groups is 3. The number of aromatic nitrogens is 1. The zero-order valence-corrected chi connectivity index (χ0v) is 17.8. The highest BCUT2D eigenvalue weighted by molar-refractivity contribution is 6.05. The Morgan fingerprint density at radius 3 is 2.52 bits per heavy atom. The van der Waals surface area contributed by atoms with Crippen LogP contribution in [0.15, 0.2) is 60.8 Å². The summed E-state index contributed by atoms with van der Waals surface area (Å²) in [5.74, 6) is -0.396. The summed E-state index contributed by atoms with van der Waals surface area (Å²) in [6.07, 6.45) is 0.878. The van der Waals surface area contributed by atoms with Crippen molar-refractivity contribution >= 4 is 34.6 Å². The number of benzene rings is 2. The standard InChI is InChI=1S/C23H26N6O4/c24-15-10-19(21(31)26-11-20(30)14-6-2-1-3-7-14)29(12-15)23(33)27-17-13-28(22(25)32)18-9-5-4-8-16(17)18/h1-9,13,15,19-20,30H,10-12,24H2,(H2,25,32)(H,26,31)(H,27,33)/t15-,19-,20?/m0/s1. The molecule has 1 saturated heterocycles. The van der Waals surface area contributed by atoms with E-state index in [-0.39, 0.29) is 19.1 Å². The Morgan fingerprint density at radius 2 is 1.79 bits per heavy atom. The smallest absolute Gasteiger partial charge is 0.323 e. The second kappa shape index (κ2) is 9.31. The number of nitrogens with two attached hydrogens (primary N) is 2. The molecule has 0 bridgehead atoms. The predicted molar refractivity (Wildman–Crippen MR) is 123 cm³/mol. The van der Waals surface area contributed by atoms with Gasteiger partial charge in [-0.05, 0) is 18.1 Å². The molecule has 2 aromatic carbocycles. The number of hydrogen-bond acceptors (Lipinski definition) is 5. The highest BCUT2D eigenvalue weighted by Gasteiger charge is 2.38. The van der Waals surface area contributed by atoms with Gasteiger partial charge in [-0.15, -0.1) is 0 Å². The van der Waals surface area contributed by atoms with Gasteiger partial charge in [0.2, 0.25) is 5.91 Å². The van der Waals surface area contributed by atoms with Crippen molar-refractivity contribution in [3.63, 3.8) is 0 Å². The fraction of sp³-hybridized carbons (Fsp3) is 0.261. The van der Waals surface area contributed by atoms with Crippen molar-refractivity contribution in [1.82, 2.24) is 14.8 Å². The minimum atomic E-state index is -0.868. The molecular formula is C23H26N6O4. The summed E-state index contributed by atoms with van der Waals surface area (Å²) < 4.78 is 1.25. The van der Waals surface area contributed by atoms with Crippen LogP contribution in [-0.2, 0) is 4.79 Å². The van der Waals surface area contributed by atoms with Crippen molar-refractivity contribution < 1.29 is 19.5 Å². The summed E-state index contributed by atoms with van der Waals surface area (Å²) in [6.45, 7) is 0.204. The molecule has 33 heavy (non-hydrogen) atoms. The largest absolute Gasteiger partial charge is 0.387 e. The van der Waals surface area contributed by atoms with E-state index in [1.54, 1.807) is 48.5 Å². The number of likely N-dealkylation sites (tertiary alicyclic amines) is 1. The molecule has 1 aliphatic heterocycles. The fourth-order valence-electron chi connectivity index (χ4n) is 4.10. The number of amides is 4. The van der Waals surface area contributed by atoms with Gasteiger partial charge in [-0.25, -0.2) is 9.59 Å². The molecule has 7 N–H and O–H groups in total. The zero-order valence-electron chi connectivity index (χ0n) is 17.8. The summed E-state index contributed by atoms with van der Waals surface area (Å²) in [5.41, 5.74) is 13.1. The minimum Gasteiger partial charge on any atom is -0.387 e. The third-order valence-electron chi connectivity index (χ3n) is 5.74. The van der Waals surface area contributed by atoms with Gasteiger partial charge in [-0.3, -0.25) is 9.36 Å². The lowest BCUT2D eigenvalue weighted by Crippen LogP contribution is -2.48. The van der Waals surface area contributed by atoms with Crippen LogP contribution in [0.1, 0.15) is 18.1 Å². The Morgan fingerprint density at radius 1 is 1.09 bits per heavy atom. The number of anilines is 1. The van der Waals surface area contributed by atoms with Crippen LogP contribution >= 0.6 is 0 Å². The van der Waals surface area contributed by atoms with Gasteiger partial charge in [-0.1, -0.05) is 48.5 Å². The molecule has 1 fully saturated rings. The van der Waals surface area contributed by atoms with E-state index >= 15 is 0 Å². The van der Waals surface area contributed by atoms with Gasteiger partial charge in [0.05, 0.1) is 17.3 Å². The van der Waals surface area contributed by atoms with E-state index in [9.17, 15) is 19.5 Å². The molecule has 172 valence electrons. The van der Waals surface area contributed by atoms with Crippen LogP contribution in [0.25, 0.3) is 10.9 Å². The third kappa shape index (κ3) is 4.66. The average Bonchev–Trinajstić information content (AvgIpc) is 3.39. The van der Waals surface area contributed by atoms with Crippen LogP contribution in [0, 0.1) is 0 Å². The topological polar surface area (TPSA) is 156 Å². The van der Waals surface area contributed by atoms with Crippen LogP contribution < -0.4 is 22.1 Å². The Balaban J connectivity index is 1.46. The second-order valence-corrected chi connectivity index (χ2v) is 8.03. The van der Waals surface area contributed by atoms with E-state index < -0.39 is 30.1 Å². The SMILES string of the molecule is NC(=O)n1cc(NC(=O)N2C[C@@H](N)C[C@H]2C(=O)NCC(O)c2ccccc2)c2ccccc21. The van der Waals surface area contributed by atoms with Crippen molar-refractivity contribution in [2.75, 3.05) is 18.4 Å². The monoisotopic (exact) mass is 450 g/mol. The first-order chi connectivity index (χ1) is 15.8. The van der Waals surface area contributed by atoms with E-state index in [0.717, 1.165) is 0 Å². The Bertz CT molecular complexity index is 1180. The molecular weight excluding hydrogens is 424 g/mol. The van der Waals surface area contributed by atoms with Gasteiger partial charge >= 0.3 is 12.1 Å². The molecule has 0 spiro atoms. The first kappa shape index (κ1) is 22.3. The van der Waals surface area contributed by atoms with Gasteiger partial charge in [0.15, 0.2) is 0 Å². The van der Waals surface area contributed by atoms with Crippen LogP contribution in [0.3, 0.4) is 0 Å². The molecule has 1 aromatic heterocycles. The molecule has 0 saturated carbocycles. The van der Waals surface area contributed by atoms with Gasteiger partial charge in [0.25, 0.3) is 0 Å². The quantitative estimate of drug-likeness (QED) is 0.397. The maximum Gasteiger partial charge on any atom is 0.323 e. The highest BCUT2D eigenvalue weighted by Crippen LogP contribution is 2.27. The minimum absolute atomic E-state index is 0.0101. The van der Waals surface area contributed by atoms with Crippen molar-refractivity contribution in [3.8, 4) is 0 Å². The Kier molecular flexibility index (Phi) is 6.29. The first-order valence-electron chi connectivity index (χ1n) is 10.6. The maximum absolute atomic E-state index is 13.1. The lowest BCUT2D eigenvalue weighted by Gasteiger charge is -2.24. The third-order valence-corrected chi connectivity index (χ3v) is 5.74. The molecule has 1 unspecified atom stereocenters. The molecule has 4 amide bonds.